The summed E-state index contributed by atoms with van der Waals surface area (Å²) in [4.78, 5) is -0.584. The van der Waals surface area contributed by atoms with Crippen molar-refractivity contribution in [2.24, 2.45) is 0 Å². The quantitative estimate of drug-likeness (QED) is 0.710. The van der Waals surface area contributed by atoms with Crippen molar-refractivity contribution < 1.29 is 30.7 Å². The average Bonchev–Trinajstić information content (AvgIpc) is 2.50. The van der Waals surface area contributed by atoms with Crippen LogP contribution in [0.3, 0.4) is 0 Å². The van der Waals surface area contributed by atoms with Crippen LogP contribution in [0, 0.1) is 5.82 Å². The van der Waals surface area contributed by atoms with E-state index in [-0.39, 0.29) is 11.6 Å². The molecule has 2 rings (SSSR count). The van der Waals surface area contributed by atoms with Crippen molar-refractivity contribution in [2.75, 3.05) is 7.05 Å². The van der Waals surface area contributed by atoms with Crippen molar-refractivity contribution in [3.63, 3.8) is 0 Å². The first-order valence-electron chi connectivity index (χ1n) is 6.76. The molecule has 0 N–H and O–H groups in total. The Kier molecular flexibility index (Phi) is 5.60. The highest BCUT2D eigenvalue weighted by molar-refractivity contribution is 7.89. The molecule has 2 aromatic rings. The number of halogens is 5. The van der Waals surface area contributed by atoms with Crippen LogP contribution in [0.15, 0.2) is 47.4 Å². The lowest BCUT2D eigenvalue weighted by Crippen LogP contribution is -2.27. The Morgan fingerprint density at radius 3 is 2.28 bits per heavy atom. The molecule has 0 aromatic heterocycles. The van der Waals surface area contributed by atoms with Gasteiger partial charge in [-0.05, 0) is 29.8 Å². The van der Waals surface area contributed by atoms with Gasteiger partial charge in [0.25, 0.3) is 0 Å². The summed E-state index contributed by atoms with van der Waals surface area (Å²) in [6.07, 6.45) is -4.81. The molecule has 0 saturated heterocycles. The number of alkyl halides is 3. The first-order chi connectivity index (χ1) is 11.5. The fourth-order valence-electron chi connectivity index (χ4n) is 1.99. The second kappa shape index (κ2) is 7.19. The molecule has 25 heavy (non-hydrogen) atoms. The van der Waals surface area contributed by atoms with Gasteiger partial charge in [-0.1, -0.05) is 29.8 Å². The highest BCUT2D eigenvalue weighted by atomic mass is 35.5. The normalized spacial score (nSPS) is 12.4. The molecular weight excluding hydrogens is 386 g/mol. The Hall–Kier alpha value is -1.84. The van der Waals surface area contributed by atoms with Crippen molar-refractivity contribution in [1.82, 2.24) is 4.31 Å². The number of benzene rings is 2. The van der Waals surface area contributed by atoms with Gasteiger partial charge in [0.2, 0.25) is 10.0 Å². The lowest BCUT2D eigenvalue weighted by molar-refractivity contribution is -0.274. The highest BCUT2D eigenvalue weighted by Crippen LogP contribution is 2.26. The Balaban J connectivity index is 2.18. The van der Waals surface area contributed by atoms with E-state index in [9.17, 15) is 26.0 Å². The predicted molar refractivity (Wildman–Crippen MR) is 83.2 cm³/mol. The molecule has 0 unspecified atom stereocenters. The number of sulfonamides is 1. The van der Waals surface area contributed by atoms with Gasteiger partial charge >= 0.3 is 6.36 Å². The average molecular weight is 398 g/mol. The Morgan fingerprint density at radius 1 is 1.12 bits per heavy atom. The monoisotopic (exact) mass is 397 g/mol. The van der Waals surface area contributed by atoms with Crippen molar-refractivity contribution in [1.29, 1.82) is 0 Å². The summed E-state index contributed by atoms with van der Waals surface area (Å²) in [5.41, 5.74) is 0.392. The molecule has 0 radical (unpaired) electrons. The summed E-state index contributed by atoms with van der Waals surface area (Å²) in [5, 5.41) is -0.330. The molecule has 0 amide bonds. The van der Waals surface area contributed by atoms with E-state index in [1.807, 2.05) is 0 Å². The summed E-state index contributed by atoms with van der Waals surface area (Å²) in [7, 11) is -2.95. The molecule has 10 heteroatoms. The van der Waals surface area contributed by atoms with Crippen LogP contribution in [0.4, 0.5) is 17.6 Å². The van der Waals surface area contributed by atoms with E-state index < -0.39 is 32.8 Å². The first kappa shape index (κ1) is 19.5. The van der Waals surface area contributed by atoms with Gasteiger partial charge in [0.15, 0.2) is 5.82 Å². The predicted octanol–water partition coefficient (Wildman–Crippen LogP) is 4.20. The smallest absolute Gasteiger partial charge is 0.406 e. The van der Waals surface area contributed by atoms with Gasteiger partial charge in [-0.15, -0.1) is 13.2 Å². The van der Waals surface area contributed by atoms with Crippen LogP contribution in [-0.2, 0) is 16.6 Å². The summed E-state index contributed by atoms with van der Waals surface area (Å²) >= 11 is 5.59. The van der Waals surface area contributed by atoms with Crippen molar-refractivity contribution in [2.45, 2.75) is 17.8 Å². The maximum Gasteiger partial charge on any atom is 0.573 e. The minimum Gasteiger partial charge on any atom is -0.406 e. The van der Waals surface area contributed by atoms with Crippen molar-refractivity contribution >= 4 is 21.6 Å². The number of rotatable bonds is 5. The van der Waals surface area contributed by atoms with Gasteiger partial charge in [-0.25, -0.2) is 12.8 Å². The first-order valence-corrected chi connectivity index (χ1v) is 8.57. The Morgan fingerprint density at radius 2 is 1.72 bits per heavy atom. The van der Waals surface area contributed by atoms with E-state index >= 15 is 0 Å². The van der Waals surface area contributed by atoms with E-state index in [0.717, 1.165) is 22.5 Å². The van der Waals surface area contributed by atoms with E-state index in [0.29, 0.717) is 5.56 Å². The Bertz CT molecular complexity index is 854. The molecule has 136 valence electrons. The van der Waals surface area contributed by atoms with Crippen LogP contribution in [0.2, 0.25) is 5.02 Å². The summed E-state index contributed by atoms with van der Waals surface area (Å²) in [6.45, 7) is -0.180. The minimum absolute atomic E-state index is 0.180. The second-order valence-corrected chi connectivity index (χ2v) is 7.43. The maximum absolute atomic E-state index is 13.9. The van der Waals surface area contributed by atoms with Crippen LogP contribution in [-0.4, -0.2) is 26.1 Å². The molecule has 0 aliphatic heterocycles. The van der Waals surface area contributed by atoms with E-state index in [2.05, 4.69) is 4.74 Å². The third kappa shape index (κ3) is 4.83. The van der Waals surface area contributed by atoms with Crippen LogP contribution in [0.1, 0.15) is 5.56 Å². The molecular formula is C15H12ClF4NO3S. The molecule has 0 fully saturated rings. The molecule has 0 atom stereocenters. The fourth-order valence-corrected chi connectivity index (χ4v) is 3.46. The number of hydrogen-bond donors (Lipinski definition) is 0. The second-order valence-electron chi connectivity index (χ2n) is 5.00. The fraction of sp³-hybridized carbons (Fsp3) is 0.200. The molecule has 4 nitrogen and oxygen atoms in total. The topological polar surface area (TPSA) is 46.6 Å². The standard InChI is InChI=1S/C15H12ClF4NO3S/c1-21(25(22,23)13-4-2-3-12(16)14(13)17)9-10-5-7-11(8-6-10)24-15(18,19)20/h2-8H,9H2,1H3. The lowest BCUT2D eigenvalue weighted by Gasteiger charge is -2.18. The van der Waals surface area contributed by atoms with E-state index in [1.165, 1.54) is 31.3 Å². The van der Waals surface area contributed by atoms with Crippen molar-refractivity contribution in [3.05, 3.63) is 58.9 Å². The van der Waals surface area contributed by atoms with E-state index in [4.69, 9.17) is 11.6 Å². The highest BCUT2D eigenvalue weighted by Gasteiger charge is 2.31. The maximum atomic E-state index is 13.9. The zero-order chi connectivity index (χ0) is 18.8. The summed E-state index contributed by atoms with van der Waals surface area (Å²) in [5.74, 6) is -1.49. The summed E-state index contributed by atoms with van der Waals surface area (Å²) < 4.78 is 79.7. The van der Waals surface area contributed by atoms with Crippen LogP contribution in [0.25, 0.3) is 0 Å². The van der Waals surface area contributed by atoms with Crippen molar-refractivity contribution in [3.8, 4) is 5.75 Å². The van der Waals surface area contributed by atoms with Crippen LogP contribution in [0.5, 0.6) is 5.75 Å². The molecule has 0 spiro atoms. The number of hydrogen-bond acceptors (Lipinski definition) is 3. The van der Waals surface area contributed by atoms with Gasteiger partial charge in [-0.2, -0.15) is 4.31 Å². The Labute approximate surface area is 146 Å². The third-order valence-electron chi connectivity index (χ3n) is 3.17. The SMILES string of the molecule is CN(Cc1ccc(OC(F)(F)F)cc1)S(=O)(=O)c1cccc(Cl)c1F. The van der Waals surface area contributed by atoms with Gasteiger partial charge < -0.3 is 4.74 Å². The molecule has 0 aliphatic carbocycles. The number of nitrogens with zero attached hydrogens (tertiary/aromatic N) is 1. The van der Waals surface area contributed by atoms with Gasteiger partial charge in [0, 0.05) is 13.6 Å². The third-order valence-corrected chi connectivity index (χ3v) is 5.28. The molecule has 0 aliphatic rings. The molecule has 0 saturated carbocycles. The van der Waals surface area contributed by atoms with Gasteiger partial charge in [0.1, 0.15) is 10.6 Å². The van der Waals surface area contributed by atoms with E-state index in [1.54, 1.807) is 0 Å². The largest absolute Gasteiger partial charge is 0.573 e. The van der Waals surface area contributed by atoms with Crippen LogP contribution < -0.4 is 4.74 Å². The zero-order valence-electron chi connectivity index (χ0n) is 12.7. The zero-order valence-corrected chi connectivity index (χ0v) is 14.3. The molecule has 0 heterocycles. The van der Waals surface area contributed by atoms with Gasteiger partial charge in [-0.3, -0.25) is 0 Å². The summed E-state index contributed by atoms with van der Waals surface area (Å²) in [6, 6.07) is 8.27. The van der Waals surface area contributed by atoms with Crippen LogP contribution >= 0.6 is 11.6 Å². The minimum atomic E-state index is -4.81. The molecule has 2 aromatic carbocycles. The lowest BCUT2D eigenvalue weighted by atomic mass is 10.2. The molecule has 0 bridgehead atoms. The number of ether oxygens (including phenoxy) is 1. The van der Waals surface area contributed by atoms with Gasteiger partial charge in [0.05, 0.1) is 5.02 Å².